The first-order valence-corrected chi connectivity index (χ1v) is 20.8. The number of unbranched alkanes of at least 4 members (excludes halogenated alkanes) is 21. The zero-order valence-corrected chi connectivity index (χ0v) is 31.8. The van der Waals surface area contributed by atoms with E-state index in [0.717, 1.165) is 13.0 Å². The van der Waals surface area contributed by atoms with Gasteiger partial charge in [0.15, 0.2) is 0 Å². The standard InChI is InChI=1S/C46H74N2/c1-4-6-8-10-12-14-16-17-18-19-21-23-31-37-44(46(3,43-35-29-26-30-36-43)41-42-33-27-25-28-34-42)45-47-38-40-48(45)39-32-24-22-20-15-13-11-9-7-5-2/h25-30,33-36,38,40,44H,4-24,31-32,37,39,41H2,1-3H3/p+1. The Morgan fingerprint density at radius 1 is 0.542 bits per heavy atom. The largest absolute Gasteiger partial charge is 0.258 e. The second-order valence-electron chi connectivity index (χ2n) is 15.3. The first kappa shape index (κ1) is 40.1. The predicted octanol–water partition coefficient (Wildman–Crippen LogP) is 14.0. The van der Waals surface area contributed by atoms with Crippen LogP contribution in [0.4, 0.5) is 0 Å². The van der Waals surface area contributed by atoms with Crippen LogP contribution in [0.15, 0.2) is 73.1 Å². The summed E-state index contributed by atoms with van der Waals surface area (Å²) in [5.74, 6) is 1.87. The van der Waals surface area contributed by atoms with Crippen LogP contribution >= 0.6 is 0 Å². The maximum atomic E-state index is 3.81. The molecule has 3 rings (SSSR count). The molecule has 0 radical (unpaired) electrons. The molecule has 0 bridgehead atoms. The molecule has 0 saturated carbocycles. The highest BCUT2D eigenvalue weighted by atomic mass is 15.1. The van der Waals surface area contributed by atoms with Crippen molar-refractivity contribution in [1.29, 1.82) is 0 Å². The van der Waals surface area contributed by atoms with Gasteiger partial charge in [-0.2, -0.15) is 0 Å². The molecule has 0 aliphatic heterocycles. The van der Waals surface area contributed by atoms with Gasteiger partial charge in [0.05, 0.1) is 12.5 Å². The van der Waals surface area contributed by atoms with Crippen LogP contribution in [-0.4, -0.2) is 4.98 Å². The molecule has 0 saturated heterocycles. The predicted molar refractivity (Wildman–Crippen MR) is 210 cm³/mol. The molecule has 0 aliphatic rings. The molecule has 2 unspecified atom stereocenters. The van der Waals surface area contributed by atoms with Gasteiger partial charge in [0.2, 0.25) is 0 Å². The quantitative estimate of drug-likeness (QED) is 0.0545. The molecule has 2 heteroatoms. The van der Waals surface area contributed by atoms with E-state index in [9.17, 15) is 0 Å². The minimum absolute atomic E-state index is 0.00409. The van der Waals surface area contributed by atoms with E-state index in [0.29, 0.717) is 5.92 Å². The van der Waals surface area contributed by atoms with Gasteiger partial charge in [-0.15, -0.1) is 0 Å². The van der Waals surface area contributed by atoms with Crippen LogP contribution in [0.5, 0.6) is 0 Å². The molecule has 0 spiro atoms. The fourth-order valence-electron chi connectivity index (χ4n) is 8.03. The number of nitrogens with one attached hydrogen (secondary N) is 1. The normalized spacial score (nSPS) is 13.5. The summed E-state index contributed by atoms with van der Waals surface area (Å²) in [5, 5.41) is 0. The first-order valence-electron chi connectivity index (χ1n) is 20.8. The van der Waals surface area contributed by atoms with Gasteiger partial charge < -0.3 is 0 Å². The number of rotatable bonds is 30. The minimum atomic E-state index is 0.00409. The van der Waals surface area contributed by atoms with Crippen molar-refractivity contribution in [3.63, 3.8) is 0 Å². The van der Waals surface area contributed by atoms with E-state index >= 15 is 0 Å². The zero-order chi connectivity index (χ0) is 34.0. The highest BCUT2D eigenvalue weighted by Crippen LogP contribution is 2.43. The van der Waals surface area contributed by atoms with Gasteiger partial charge in [-0.1, -0.05) is 216 Å². The number of H-pyrrole nitrogens is 1. The number of aromatic amines is 1. The van der Waals surface area contributed by atoms with Crippen molar-refractivity contribution in [2.75, 3.05) is 0 Å². The number of hydrogen-bond donors (Lipinski definition) is 1. The number of nitrogens with zero attached hydrogens (tertiary/aromatic N) is 1. The van der Waals surface area contributed by atoms with Crippen LogP contribution in [0.3, 0.4) is 0 Å². The van der Waals surface area contributed by atoms with Crippen LogP contribution < -0.4 is 4.57 Å². The second kappa shape index (κ2) is 25.6. The van der Waals surface area contributed by atoms with Crippen molar-refractivity contribution in [2.45, 2.75) is 199 Å². The summed E-state index contributed by atoms with van der Waals surface area (Å²) >= 11 is 0. The lowest BCUT2D eigenvalue weighted by molar-refractivity contribution is -0.705. The van der Waals surface area contributed by atoms with Gasteiger partial charge in [0, 0.05) is 5.41 Å². The van der Waals surface area contributed by atoms with Crippen molar-refractivity contribution in [3.8, 4) is 0 Å². The second-order valence-corrected chi connectivity index (χ2v) is 15.3. The Hall–Kier alpha value is -2.35. The Bertz CT molecular complexity index is 1140. The Morgan fingerprint density at radius 2 is 0.979 bits per heavy atom. The molecule has 48 heavy (non-hydrogen) atoms. The fraction of sp³-hybridized carbons (Fsp3) is 0.674. The summed E-state index contributed by atoms with van der Waals surface area (Å²) in [5.41, 5.74) is 2.91. The summed E-state index contributed by atoms with van der Waals surface area (Å²) < 4.78 is 2.59. The molecule has 3 aromatic rings. The van der Waals surface area contributed by atoms with Crippen molar-refractivity contribution in [3.05, 3.63) is 90.0 Å². The summed E-state index contributed by atoms with van der Waals surface area (Å²) in [6, 6.07) is 22.7. The summed E-state index contributed by atoms with van der Waals surface area (Å²) in [6.45, 7) is 8.29. The molecule has 0 aliphatic carbocycles. The Kier molecular flexibility index (Phi) is 21.4. The topological polar surface area (TPSA) is 19.7 Å². The lowest BCUT2D eigenvalue weighted by atomic mass is 9.66. The van der Waals surface area contributed by atoms with E-state index in [1.807, 2.05) is 0 Å². The molecule has 1 N–H and O–H groups in total. The number of aromatic nitrogens is 2. The molecule has 1 heterocycles. The zero-order valence-electron chi connectivity index (χ0n) is 31.8. The van der Waals surface area contributed by atoms with Crippen molar-refractivity contribution in [2.24, 2.45) is 0 Å². The highest BCUT2D eigenvalue weighted by molar-refractivity contribution is 5.32. The number of imidazole rings is 1. The van der Waals surface area contributed by atoms with E-state index in [1.165, 1.54) is 171 Å². The fourth-order valence-corrected chi connectivity index (χ4v) is 8.03. The Morgan fingerprint density at radius 3 is 1.48 bits per heavy atom. The molecule has 2 aromatic carbocycles. The number of benzene rings is 2. The van der Waals surface area contributed by atoms with Crippen LogP contribution in [0.1, 0.15) is 198 Å². The van der Waals surface area contributed by atoms with Gasteiger partial charge in [-0.3, -0.25) is 0 Å². The van der Waals surface area contributed by atoms with Gasteiger partial charge in [-0.25, -0.2) is 9.55 Å². The Labute approximate surface area is 297 Å². The lowest BCUT2D eigenvalue weighted by Crippen LogP contribution is -2.43. The summed E-state index contributed by atoms with van der Waals surface area (Å²) in [4.78, 5) is 3.81. The maximum Gasteiger partial charge on any atom is 0.258 e. The number of aryl methyl sites for hydroxylation is 1. The average Bonchev–Trinajstić information content (AvgIpc) is 3.58. The van der Waals surface area contributed by atoms with Crippen LogP contribution in [0.2, 0.25) is 0 Å². The van der Waals surface area contributed by atoms with Crippen molar-refractivity contribution >= 4 is 0 Å². The lowest BCUT2D eigenvalue weighted by Gasteiger charge is -2.37. The van der Waals surface area contributed by atoms with Crippen molar-refractivity contribution < 1.29 is 4.57 Å². The SMILES string of the molecule is CCCCCCCCCCCCCCCC(c1[nH]cc[n+]1CCCCCCCCCCCC)C(C)(Cc1ccccc1)c1ccccc1. The summed E-state index contributed by atoms with van der Waals surface area (Å²) in [6.07, 6.45) is 38.9. The van der Waals surface area contributed by atoms with Gasteiger partial charge in [-0.05, 0) is 36.8 Å². The smallest absolute Gasteiger partial charge is 0.247 e. The molecule has 0 amide bonds. The highest BCUT2D eigenvalue weighted by Gasteiger charge is 2.41. The Balaban J connectivity index is 1.59. The molecule has 1 aromatic heterocycles. The van der Waals surface area contributed by atoms with Gasteiger partial charge in [0.1, 0.15) is 12.4 Å². The van der Waals surface area contributed by atoms with Crippen LogP contribution in [0.25, 0.3) is 0 Å². The third-order valence-electron chi connectivity index (χ3n) is 11.1. The van der Waals surface area contributed by atoms with E-state index < -0.39 is 0 Å². The van der Waals surface area contributed by atoms with E-state index in [4.69, 9.17) is 0 Å². The molecule has 2 nitrogen and oxygen atoms in total. The molecular formula is C46H75N2+. The van der Waals surface area contributed by atoms with Crippen LogP contribution in [-0.2, 0) is 18.4 Å². The van der Waals surface area contributed by atoms with E-state index in [-0.39, 0.29) is 5.41 Å². The monoisotopic (exact) mass is 656 g/mol. The van der Waals surface area contributed by atoms with Crippen LogP contribution in [0, 0.1) is 0 Å². The molecular weight excluding hydrogens is 581 g/mol. The third kappa shape index (κ3) is 15.5. The summed E-state index contributed by atoms with van der Waals surface area (Å²) in [7, 11) is 0. The van der Waals surface area contributed by atoms with Gasteiger partial charge in [0.25, 0.3) is 5.82 Å². The third-order valence-corrected chi connectivity index (χ3v) is 11.1. The number of hydrogen-bond acceptors (Lipinski definition) is 0. The maximum absolute atomic E-state index is 3.81. The average molecular weight is 656 g/mol. The van der Waals surface area contributed by atoms with Gasteiger partial charge >= 0.3 is 0 Å². The minimum Gasteiger partial charge on any atom is -0.247 e. The van der Waals surface area contributed by atoms with Crippen molar-refractivity contribution in [1.82, 2.24) is 4.98 Å². The van der Waals surface area contributed by atoms with E-state index in [2.05, 4.69) is 103 Å². The first-order chi connectivity index (χ1) is 23.7. The molecule has 2 atom stereocenters. The molecule has 268 valence electrons. The molecule has 0 fully saturated rings. The van der Waals surface area contributed by atoms with E-state index in [1.54, 1.807) is 0 Å².